The molecule has 88 valence electrons. The molecule has 0 aliphatic carbocycles. The molecule has 17 heavy (non-hydrogen) atoms. The van der Waals surface area contributed by atoms with Crippen LogP contribution in [0.3, 0.4) is 0 Å². The van der Waals surface area contributed by atoms with Crippen LogP contribution in [0.25, 0.3) is 0 Å². The zero-order valence-corrected chi connectivity index (χ0v) is 9.30. The highest BCUT2D eigenvalue weighted by Gasteiger charge is 2.08. The Kier molecular flexibility index (Phi) is 3.04. The largest absolute Gasteiger partial charge is 0.399 e. The first-order chi connectivity index (χ1) is 8.15. The fourth-order valence-electron chi connectivity index (χ4n) is 1.33. The third-order valence-corrected chi connectivity index (χ3v) is 2.12. The molecule has 0 saturated carbocycles. The van der Waals surface area contributed by atoms with E-state index in [4.69, 9.17) is 10.3 Å². The van der Waals surface area contributed by atoms with E-state index in [1.807, 2.05) is 6.92 Å². The molecule has 0 saturated heterocycles. The lowest BCUT2D eigenvalue weighted by molar-refractivity contribution is 0.0942. The number of nitrogens with zero attached hydrogens (tertiary/aromatic N) is 2. The average molecular weight is 232 g/mol. The number of rotatable bonds is 3. The molecule has 0 aliphatic heterocycles. The summed E-state index contributed by atoms with van der Waals surface area (Å²) in [6.07, 6.45) is 1.49. The molecule has 2 heterocycles. The molecule has 0 aliphatic rings. The maximum Gasteiger partial charge on any atom is 0.270 e. The van der Waals surface area contributed by atoms with Gasteiger partial charge in [0.15, 0.2) is 5.76 Å². The van der Waals surface area contributed by atoms with Gasteiger partial charge in [-0.2, -0.15) is 0 Å². The van der Waals surface area contributed by atoms with Crippen LogP contribution in [0.15, 0.2) is 28.9 Å². The maximum absolute atomic E-state index is 11.7. The molecule has 2 rings (SSSR count). The number of hydrogen-bond donors (Lipinski definition) is 2. The van der Waals surface area contributed by atoms with Gasteiger partial charge in [0.05, 0.1) is 12.2 Å². The van der Waals surface area contributed by atoms with Gasteiger partial charge < -0.3 is 15.6 Å². The Morgan fingerprint density at radius 2 is 2.35 bits per heavy atom. The van der Waals surface area contributed by atoms with E-state index < -0.39 is 0 Å². The predicted octanol–water partition coefficient (Wildman–Crippen LogP) is 0.890. The first-order valence-corrected chi connectivity index (χ1v) is 5.07. The average Bonchev–Trinajstić information content (AvgIpc) is 2.72. The third kappa shape index (κ3) is 2.81. The molecule has 6 nitrogen and oxygen atoms in total. The Morgan fingerprint density at radius 3 is 3.00 bits per heavy atom. The lowest BCUT2D eigenvalue weighted by Crippen LogP contribution is -2.23. The second kappa shape index (κ2) is 4.65. The number of aromatic nitrogens is 2. The van der Waals surface area contributed by atoms with Crippen molar-refractivity contribution in [2.24, 2.45) is 0 Å². The van der Waals surface area contributed by atoms with Gasteiger partial charge in [0.25, 0.3) is 5.91 Å². The number of hydrogen-bond acceptors (Lipinski definition) is 5. The van der Waals surface area contributed by atoms with E-state index in [2.05, 4.69) is 15.5 Å². The van der Waals surface area contributed by atoms with Crippen molar-refractivity contribution in [1.29, 1.82) is 0 Å². The van der Waals surface area contributed by atoms with Crippen LogP contribution in [-0.2, 0) is 6.54 Å². The highest BCUT2D eigenvalue weighted by molar-refractivity contribution is 5.92. The molecular weight excluding hydrogens is 220 g/mol. The Hall–Kier alpha value is -2.37. The molecule has 1 amide bonds. The van der Waals surface area contributed by atoms with Gasteiger partial charge in [-0.05, 0) is 19.1 Å². The van der Waals surface area contributed by atoms with Crippen molar-refractivity contribution in [3.05, 3.63) is 41.5 Å². The smallest absolute Gasteiger partial charge is 0.270 e. The molecule has 6 heteroatoms. The highest BCUT2D eigenvalue weighted by atomic mass is 16.5. The number of nitrogen functional groups attached to an aromatic ring is 1. The predicted molar refractivity (Wildman–Crippen MR) is 61.1 cm³/mol. The molecule has 2 aromatic rings. The zero-order valence-electron chi connectivity index (χ0n) is 9.30. The number of nitrogens with two attached hydrogens (primary N) is 1. The van der Waals surface area contributed by atoms with Gasteiger partial charge >= 0.3 is 0 Å². The number of anilines is 1. The summed E-state index contributed by atoms with van der Waals surface area (Å²) in [6.45, 7) is 2.09. The lowest BCUT2D eigenvalue weighted by atomic mass is 10.3. The summed E-state index contributed by atoms with van der Waals surface area (Å²) >= 11 is 0. The number of amides is 1. The molecule has 0 radical (unpaired) electrons. The molecule has 0 atom stereocenters. The molecular formula is C11H12N4O2. The highest BCUT2D eigenvalue weighted by Crippen LogP contribution is 2.04. The van der Waals surface area contributed by atoms with E-state index in [1.54, 1.807) is 12.1 Å². The van der Waals surface area contributed by atoms with Crippen LogP contribution in [0.2, 0.25) is 0 Å². The lowest BCUT2D eigenvalue weighted by Gasteiger charge is -2.02. The van der Waals surface area contributed by atoms with Crippen molar-refractivity contribution >= 4 is 11.6 Å². The minimum absolute atomic E-state index is 0.274. The van der Waals surface area contributed by atoms with Crippen molar-refractivity contribution in [2.45, 2.75) is 13.5 Å². The number of carbonyl (C=O) groups excluding carboxylic acids is 1. The molecule has 0 aromatic carbocycles. The van der Waals surface area contributed by atoms with Gasteiger partial charge in [0, 0.05) is 18.0 Å². The second-order valence-corrected chi connectivity index (χ2v) is 3.59. The second-order valence-electron chi connectivity index (χ2n) is 3.59. The molecule has 0 bridgehead atoms. The van der Waals surface area contributed by atoms with Gasteiger partial charge in [-0.15, -0.1) is 0 Å². The van der Waals surface area contributed by atoms with Crippen LogP contribution >= 0.6 is 0 Å². The normalized spacial score (nSPS) is 10.2. The third-order valence-electron chi connectivity index (χ3n) is 2.12. The van der Waals surface area contributed by atoms with Crippen molar-refractivity contribution in [2.75, 3.05) is 5.73 Å². The number of carbonyl (C=O) groups is 1. The van der Waals surface area contributed by atoms with Gasteiger partial charge in [-0.3, -0.25) is 9.78 Å². The summed E-state index contributed by atoms with van der Waals surface area (Å²) in [7, 11) is 0. The number of pyridine rings is 1. The number of nitrogens with one attached hydrogen (secondary N) is 1. The minimum atomic E-state index is -0.300. The van der Waals surface area contributed by atoms with E-state index in [1.165, 1.54) is 12.3 Å². The zero-order chi connectivity index (χ0) is 12.3. The van der Waals surface area contributed by atoms with Gasteiger partial charge in [-0.25, -0.2) is 0 Å². The fraction of sp³-hybridized carbons (Fsp3) is 0.182. The SMILES string of the molecule is Cc1cc(CNC(=O)c2cc(N)ccn2)on1. The van der Waals surface area contributed by atoms with Gasteiger partial charge in [0.2, 0.25) is 0 Å². The Morgan fingerprint density at radius 1 is 1.53 bits per heavy atom. The summed E-state index contributed by atoms with van der Waals surface area (Å²) in [5, 5.41) is 6.38. The van der Waals surface area contributed by atoms with Crippen molar-refractivity contribution in [3.8, 4) is 0 Å². The van der Waals surface area contributed by atoms with Crippen molar-refractivity contribution in [3.63, 3.8) is 0 Å². The van der Waals surface area contributed by atoms with Gasteiger partial charge in [-0.1, -0.05) is 5.16 Å². The summed E-state index contributed by atoms with van der Waals surface area (Å²) < 4.78 is 4.96. The Balaban J connectivity index is 1.98. The summed E-state index contributed by atoms with van der Waals surface area (Å²) in [6, 6.07) is 4.89. The van der Waals surface area contributed by atoms with Crippen LogP contribution in [0.1, 0.15) is 21.9 Å². The number of aryl methyl sites for hydroxylation is 1. The molecule has 0 fully saturated rings. The Labute approximate surface area is 97.8 Å². The first kappa shape index (κ1) is 11.1. The summed E-state index contributed by atoms with van der Waals surface area (Å²) in [4.78, 5) is 15.6. The van der Waals surface area contributed by atoms with E-state index in [0.717, 1.165) is 5.69 Å². The quantitative estimate of drug-likeness (QED) is 0.819. The molecule has 3 N–H and O–H groups in total. The van der Waals surface area contributed by atoms with Gasteiger partial charge in [0.1, 0.15) is 5.69 Å². The monoisotopic (exact) mass is 232 g/mol. The topological polar surface area (TPSA) is 94.0 Å². The van der Waals surface area contributed by atoms with Crippen LogP contribution in [-0.4, -0.2) is 16.0 Å². The van der Waals surface area contributed by atoms with Crippen molar-refractivity contribution < 1.29 is 9.32 Å². The minimum Gasteiger partial charge on any atom is -0.399 e. The standard InChI is InChI=1S/C11H12N4O2/c1-7-4-9(17-15-7)6-14-11(16)10-5-8(12)2-3-13-10/h2-5H,6H2,1H3,(H2,12,13)(H,14,16). The fourth-order valence-corrected chi connectivity index (χ4v) is 1.33. The molecule has 0 unspecified atom stereocenters. The van der Waals surface area contributed by atoms with E-state index in [-0.39, 0.29) is 18.1 Å². The maximum atomic E-state index is 11.7. The Bertz CT molecular complexity index is 536. The van der Waals surface area contributed by atoms with Crippen LogP contribution in [0.5, 0.6) is 0 Å². The van der Waals surface area contributed by atoms with E-state index >= 15 is 0 Å². The summed E-state index contributed by atoms with van der Waals surface area (Å²) in [5.74, 6) is 0.297. The van der Waals surface area contributed by atoms with Crippen molar-refractivity contribution in [1.82, 2.24) is 15.5 Å². The van der Waals surface area contributed by atoms with Crippen LogP contribution < -0.4 is 11.1 Å². The van der Waals surface area contributed by atoms with E-state index in [9.17, 15) is 4.79 Å². The molecule has 2 aromatic heterocycles. The summed E-state index contributed by atoms with van der Waals surface area (Å²) in [5.41, 5.74) is 7.11. The molecule has 0 spiro atoms. The first-order valence-electron chi connectivity index (χ1n) is 5.07. The van der Waals surface area contributed by atoms with Crippen LogP contribution in [0, 0.1) is 6.92 Å². The van der Waals surface area contributed by atoms with Crippen LogP contribution in [0.4, 0.5) is 5.69 Å². The van der Waals surface area contributed by atoms with E-state index in [0.29, 0.717) is 11.4 Å².